The van der Waals surface area contributed by atoms with Crippen LogP contribution < -0.4 is 0 Å². The van der Waals surface area contributed by atoms with Crippen molar-refractivity contribution in [3.05, 3.63) is 24.0 Å². The second-order valence-corrected chi connectivity index (χ2v) is 2.24. The van der Waals surface area contributed by atoms with Gasteiger partial charge in [0.25, 0.3) is 0 Å². The Morgan fingerprint density at radius 1 is 1.70 bits per heavy atom. The van der Waals surface area contributed by atoms with Gasteiger partial charge in [-0.15, -0.1) is 0 Å². The standard InChI is InChI=1S/C7H8N2O/c1-2-6(8-4-1)7-3-5-9-10-7/h1-2,4-5,7-8H,3H2. The molecule has 1 unspecified atom stereocenters. The Labute approximate surface area is 58.7 Å². The van der Waals surface area contributed by atoms with Gasteiger partial charge in [0.05, 0.1) is 5.69 Å². The lowest BCUT2D eigenvalue weighted by Crippen LogP contribution is -1.94. The maximum absolute atomic E-state index is 5.04. The first-order valence-corrected chi connectivity index (χ1v) is 3.28. The second kappa shape index (κ2) is 2.17. The third-order valence-corrected chi connectivity index (χ3v) is 1.55. The normalized spacial score (nSPS) is 23.0. The molecule has 3 heteroatoms. The zero-order chi connectivity index (χ0) is 6.81. The van der Waals surface area contributed by atoms with Crippen molar-refractivity contribution in [3.8, 4) is 0 Å². The van der Waals surface area contributed by atoms with Crippen LogP contribution in [0.2, 0.25) is 0 Å². The molecule has 2 heterocycles. The quantitative estimate of drug-likeness (QED) is 0.623. The lowest BCUT2D eigenvalue weighted by molar-refractivity contribution is 0.0830. The Balaban J connectivity index is 2.14. The van der Waals surface area contributed by atoms with Crippen LogP contribution in [-0.2, 0) is 4.84 Å². The van der Waals surface area contributed by atoms with Gasteiger partial charge in [-0.25, -0.2) is 0 Å². The number of nitrogens with one attached hydrogen (secondary N) is 1. The van der Waals surface area contributed by atoms with Gasteiger partial charge in [-0.3, -0.25) is 0 Å². The minimum absolute atomic E-state index is 0.120. The average Bonchev–Trinajstić information content (AvgIpc) is 2.59. The first-order chi connectivity index (χ1) is 4.97. The molecule has 10 heavy (non-hydrogen) atoms. The molecule has 0 aromatic carbocycles. The Hall–Kier alpha value is -1.25. The maximum atomic E-state index is 5.04. The fourth-order valence-electron chi connectivity index (χ4n) is 1.03. The summed E-state index contributed by atoms with van der Waals surface area (Å²) in [5.41, 5.74) is 1.09. The largest absolute Gasteiger partial charge is 0.386 e. The lowest BCUT2D eigenvalue weighted by Gasteiger charge is -2.03. The number of H-pyrrole nitrogens is 1. The molecule has 0 amide bonds. The third-order valence-electron chi connectivity index (χ3n) is 1.55. The molecule has 1 atom stereocenters. The van der Waals surface area contributed by atoms with Gasteiger partial charge in [0.1, 0.15) is 0 Å². The van der Waals surface area contributed by atoms with E-state index >= 15 is 0 Å². The maximum Gasteiger partial charge on any atom is 0.172 e. The summed E-state index contributed by atoms with van der Waals surface area (Å²) in [4.78, 5) is 8.11. The van der Waals surface area contributed by atoms with Crippen LogP contribution in [0.3, 0.4) is 0 Å². The van der Waals surface area contributed by atoms with Gasteiger partial charge in [0.2, 0.25) is 0 Å². The van der Waals surface area contributed by atoms with E-state index in [4.69, 9.17) is 4.84 Å². The summed E-state index contributed by atoms with van der Waals surface area (Å²) in [6.45, 7) is 0. The van der Waals surface area contributed by atoms with Crippen molar-refractivity contribution in [1.82, 2.24) is 4.98 Å². The highest BCUT2D eigenvalue weighted by Crippen LogP contribution is 2.21. The molecule has 0 aliphatic carbocycles. The van der Waals surface area contributed by atoms with Crippen molar-refractivity contribution in [2.45, 2.75) is 12.5 Å². The number of aromatic nitrogens is 1. The fraction of sp³-hybridized carbons (Fsp3) is 0.286. The molecule has 1 aliphatic rings. The van der Waals surface area contributed by atoms with E-state index in [-0.39, 0.29) is 6.10 Å². The van der Waals surface area contributed by atoms with Crippen LogP contribution in [0, 0.1) is 0 Å². The molecular weight excluding hydrogens is 128 g/mol. The molecular formula is C7H8N2O. The van der Waals surface area contributed by atoms with Crippen LogP contribution in [-0.4, -0.2) is 11.2 Å². The highest BCUT2D eigenvalue weighted by Gasteiger charge is 2.15. The van der Waals surface area contributed by atoms with Gasteiger partial charge in [-0.1, -0.05) is 5.16 Å². The number of hydrogen-bond acceptors (Lipinski definition) is 2. The predicted octanol–water partition coefficient (Wildman–Crippen LogP) is 1.46. The first kappa shape index (κ1) is 5.53. The molecule has 0 radical (unpaired) electrons. The van der Waals surface area contributed by atoms with E-state index in [1.54, 1.807) is 6.21 Å². The third kappa shape index (κ3) is 0.795. The van der Waals surface area contributed by atoms with Crippen LogP contribution in [0.15, 0.2) is 23.5 Å². The van der Waals surface area contributed by atoms with E-state index in [1.165, 1.54) is 0 Å². The summed E-state index contributed by atoms with van der Waals surface area (Å²) in [6, 6.07) is 3.95. The topological polar surface area (TPSA) is 37.4 Å². The minimum atomic E-state index is 0.120. The van der Waals surface area contributed by atoms with Gasteiger partial charge >= 0.3 is 0 Å². The van der Waals surface area contributed by atoms with Crippen molar-refractivity contribution >= 4 is 6.21 Å². The van der Waals surface area contributed by atoms with E-state index < -0.39 is 0 Å². The van der Waals surface area contributed by atoms with E-state index in [0.29, 0.717) is 0 Å². The smallest absolute Gasteiger partial charge is 0.172 e. The van der Waals surface area contributed by atoms with Crippen LogP contribution in [0.5, 0.6) is 0 Å². The van der Waals surface area contributed by atoms with Crippen LogP contribution in [0.25, 0.3) is 0 Å². The van der Waals surface area contributed by atoms with Gasteiger partial charge < -0.3 is 9.82 Å². The average molecular weight is 136 g/mol. The van der Waals surface area contributed by atoms with Crippen molar-refractivity contribution in [1.29, 1.82) is 0 Å². The summed E-state index contributed by atoms with van der Waals surface area (Å²) < 4.78 is 0. The van der Waals surface area contributed by atoms with Crippen molar-refractivity contribution < 1.29 is 4.84 Å². The molecule has 0 saturated heterocycles. The highest BCUT2D eigenvalue weighted by atomic mass is 16.6. The molecule has 0 fully saturated rings. The molecule has 2 rings (SSSR count). The van der Waals surface area contributed by atoms with E-state index in [0.717, 1.165) is 12.1 Å². The van der Waals surface area contributed by atoms with Crippen LogP contribution >= 0.6 is 0 Å². The molecule has 52 valence electrons. The number of rotatable bonds is 1. The van der Waals surface area contributed by atoms with Crippen molar-refractivity contribution in [2.75, 3.05) is 0 Å². The van der Waals surface area contributed by atoms with Crippen LogP contribution in [0.4, 0.5) is 0 Å². The fourth-order valence-corrected chi connectivity index (χ4v) is 1.03. The molecule has 0 spiro atoms. The summed E-state index contributed by atoms with van der Waals surface area (Å²) in [6.07, 6.45) is 4.67. The minimum Gasteiger partial charge on any atom is -0.386 e. The predicted molar refractivity (Wildman–Crippen MR) is 37.7 cm³/mol. The van der Waals surface area contributed by atoms with Crippen LogP contribution in [0.1, 0.15) is 18.2 Å². The highest BCUT2D eigenvalue weighted by molar-refractivity contribution is 5.59. The zero-order valence-electron chi connectivity index (χ0n) is 5.45. The summed E-state index contributed by atoms with van der Waals surface area (Å²) in [7, 11) is 0. The second-order valence-electron chi connectivity index (χ2n) is 2.24. The van der Waals surface area contributed by atoms with Crippen molar-refractivity contribution in [3.63, 3.8) is 0 Å². The lowest BCUT2D eigenvalue weighted by atomic mass is 10.2. The molecule has 1 aromatic heterocycles. The SMILES string of the molecule is C1=NOC(c2ccc[nH]2)C1. The zero-order valence-corrected chi connectivity index (χ0v) is 5.45. The monoisotopic (exact) mass is 136 g/mol. The van der Waals surface area contributed by atoms with Gasteiger partial charge in [0, 0.05) is 18.8 Å². The van der Waals surface area contributed by atoms with Gasteiger partial charge in [-0.2, -0.15) is 0 Å². The molecule has 0 bridgehead atoms. The van der Waals surface area contributed by atoms with E-state index in [9.17, 15) is 0 Å². The van der Waals surface area contributed by atoms with Gasteiger partial charge in [-0.05, 0) is 12.1 Å². The Morgan fingerprint density at radius 2 is 2.70 bits per heavy atom. The Bertz CT molecular complexity index is 220. The Morgan fingerprint density at radius 3 is 3.30 bits per heavy atom. The first-order valence-electron chi connectivity index (χ1n) is 3.28. The molecule has 1 aromatic rings. The summed E-state index contributed by atoms with van der Waals surface area (Å²) in [5.74, 6) is 0. The van der Waals surface area contributed by atoms with E-state index in [2.05, 4.69) is 10.1 Å². The number of oxime groups is 1. The summed E-state index contributed by atoms with van der Waals surface area (Å²) >= 11 is 0. The van der Waals surface area contributed by atoms with Crippen molar-refractivity contribution in [2.24, 2.45) is 5.16 Å². The molecule has 1 N–H and O–H groups in total. The Kier molecular flexibility index (Phi) is 1.20. The van der Waals surface area contributed by atoms with E-state index in [1.807, 2.05) is 18.3 Å². The number of aromatic amines is 1. The number of nitrogens with zero attached hydrogens (tertiary/aromatic N) is 1. The summed E-state index contributed by atoms with van der Waals surface area (Å²) in [5, 5.41) is 3.68. The van der Waals surface area contributed by atoms with Gasteiger partial charge in [0.15, 0.2) is 6.10 Å². The molecule has 3 nitrogen and oxygen atoms in total. The number of hydrogen-bond donors (Lipinski definition) is 1. The molecule has 0 saturated carbocycles. The molecule has 1 aliphatic heterocycles.